The number of alkyl halides is 2. The Balaban J connectivity index is 1.57. The molecule has 8 heteroatoms. The molecule has 5 unspecified atom stereocenters. The van der Waals surface area contributed by atoms with Gasteiger partial charge in [-0.3, -0.25) is 14.6 Å². The van der Waals surface area contributed by atoms with Crippen molar-refractivity contribution in [2.45, 2.75) is 67.8 Å². The van der Waals surface area contributed by atoms with E-state index in [1.165, 1.54) is 5.01 Å². The fraction of sp³-hybridized carbons (Fsp3) is 0.882. The SMILES string of the molecule is O=C(O)C1NN(CCOC2C(Cl)CCCC2Cl)C(=O)C2CCCCC21. The molecule has 1 saturated heterocycles. The van der Waals surface area contributed by atoms with Crippen molar-refractivity contribution in [1.82, 2.24) is 10.4 Å². The topological polar surface area (TPSA) is 78.9 Å². The summed E-state index contributed by atoms with van der Waals surface area (Å²) in [7, 11) is 0. The standard InChI is InChI=1S/C17H26Cl2N2O4/c18-12-6-3-7-13(19)15(12)25-9-8-21-16(22)11-5-2-1-4-10(11)14(20-21)17(23)24/h10-15,20H,1-9H2,(H,23,24). The van der Waals surface area contributed by atoms with E-state index < -0.39 is 12.0 Å². The lowest BCUT2D eigenvalue weighted by atomic mass is 9.73. The molecule has 1 aliphatic heterocycles. The summed E-state index contributed by atoms with van der Waals surface area (Å²) in [6, 6.07) is -0.709. The van der Waals surface area contributed by atoms with Crippen molar-refractivity contribution < 1.29 is 19.4 Å². The Kier molecular flexibility index (Phi) is 6.47. The van der Waals surface area contributed by atoms with Crippen LogP contribution in [0.3, 0.4) is 0 Å². The van der Waals surface area contributed by atoms with Gasteiger partial charge in [0.05, 0.1) is 30.0 Å². The van der Waals surface area contributed by atoms with Gasteiger partial charge in [0, 0.05) is 5.92 Å². The molecule has 3 fully saturated rings. The van der Waals surface area contributed by atoms with Gasteiger partial charge in [-0.15, -0.1) is 23.2 Å². The number of hydrazine groups is 1. The third-order valence-electron chi connectivity index (χ3n) is 5.69. The molecule has 0 aromatic rings. The number of halogens is 2. The van der Waals surface area contributed by atoms with Gasteiger partial charge in [-0.1, -0.05) is 19.3 Å². The van der Waals surface area contributed by atoms with Crippen molar-refractivity contribution in [1.29, 1.82) is 0 Å². The normalized spacial score (nSPS) is 39.1. The second kappa shape index (κ2) is 8.42. The van der Waals surface area contributed by atoms with E-state index in [1.807, 2.05) is 0 Å². The molecule has 1 heterocycles. The van der Waals surface area contributed by atoms with Crippen molar-refractivity contribution in [2.75, 3.05) is 13.2 Å². The molecule has 5 atom stereocenters. The molecule has 6 nitrogen and oxygen atoms in total. The largest absolute Gasteiger partial charge is 0.480 e. The van der Waals surface area contributed by atoms with Crippen LogP contribution in [0, 0.1) is 11.8 Å². The highest BCUT2D eigenvalue weighted by atomic mass is 35.5. The predicted molar refractivity (Wildman–Crippen MR) is 94.6 cm³/mol. The van der Waals surface area contributed by atoms with Crippen LogP contribution in [0.15, 0.2) is 0 Å². The van der Waals surface area contributed by atoms with Crippen LogP contribution in [0.5, 0.6) is 0 Å². The fourth-order valence-electron chi connectivity index (χ4n) is 4.36. The van der Waals surface area contributed by atoms with Crippen LogP contribution in [0.4, 0.5) is 0 Å². The van der Waals surface area contributed by atoms with E-state index in [9.17, 15) is 14.7 Å². The Hall–Kier alpha value is -0.560. The number of nitrogens with one attached hydrogen (secondary N) is 1. The number of amides is 1. The smallest absolute Gasteiger partial charge is 0.322 e. The van der Waals surface area contributed by atoms with Crippen LogP contribution in [-0.4, -0.2) is 58.0 Å². The van der Waals surface area contributed by atoms with Crippen molar-refractivity contribution in [3.05, 3.63) is 0 Å². The zero-order chi connectivity index (χ0) is 18.0. The molecular weight excluding hydrogens is 367 g/mol. The molecule has 142 valence electrons. The van der Waals surface area contributed by atoms with Crippen LogP contribution < -0.4 is 5.43 Å². The van der Waals surface area contributed by atoms with Gasteiger partial charge in [0.25, 0.3) is 0 Å². The average Bonchev–Trinajstić information content (AvgIpc) is 2.59. The second-order valence-corrected chi connectivity index (χ2v) is 8.41. The number of rotatable bonds is 5. The Bertz CT molecular complexity index is 495. The number of carboxylic acids is 1. The highest BCUT2D eigenvalue weighted by Gasteiger charge is 2.46. The maximum atomic E-state index is 12.7. The van der Waals surface area contributed by atoms with E-state index in [2.05, 4.69) is 5.43 Å². The first kappa shape index (κ1) is 19.2. The van der Waals surface area contributed by atoms with Gasteiger partial charge in [0.1, 0.15) is 6.04 Å². The lowest BCUT2D eigenvalue weighted by Gasteiger charge is -2.44. The molecular formula is C17H26Cl2N2O4. The Morgan fingerprint density at radius 3 is 2.52 bits per heavy atom. The van der Waals surface area contributed by atoms with Crippen LogP contribution in [0.25, 0.3) is 0 Å². The van der Waals surface area contributed by atoms with Gasteiger partial charge >= 0.3 is 5.97 Å². The van der Waals surface area contributed by atoms with E-state index in [1.54, 1.807) is 0 Å². The summed E-state index contributed by atoms with van der Waals surface area (Å²) in [6.45, 7) is 0.592. The lowest BCUT2D eigenvalue weighted by molar-refractivity contribution is -0.161. The zero-order valence-electron chi connectivity index (χ0n) is 14.2. The van der Waals surface area contributed by atoms with Gasteiger partial charge < -0.3 is 9.84 Å². The quantitative estimate of drug-likeness (QED) is 0.702. The summed E-state index contributed by atoms with van der Waals surface area (Å²) in [5, 5.41) is 10.7. The first-order valence-electron chi connectivity index (χ1n) is 9.19. The van der Waals surface area contributed by atoms with Crippen LogP contribution in [0.2, 0.25) is 0 Å². The minimum absolute atomic E-state index is 0.0145. The zero-order valence-corrected chi connectivity index (χ0v) is 15.7. The Morgan fingerprint density at radius 1 is 1.16 bits per heavy atom. The van der Waals surface area contributed by atoms with E-state index in [-0.39, 0.29) is 34.6 Å². The van der Waals surface area contributed by atoms with Crippen LogP contribution in [-0.2, 0) is 14.3 Å². The molecule has 0 aromatic heterocycles. The number of fused-ring (bicyclic) bond motifs is 1. The Labute approximate surface area is 158 Å². The monoisotopic (exact) mass is 392 g/mol. The summed E-state index contributed by atoms with van der Waals surface area (Å²) in [5.41, 5.74) is 2.90. The van der Waals surface area contributed by atoms with E-state index in [0.717, 1.165) is 44.9 Å². The third kappa shape index (κ3) is 4.24. The van der Waals surface area contributed by atoms with E-state index in [4.69, 9.17) is 27.9 Å². The first-order chi connectivity index (χ1) is 12.0. The summed E-state index contributed by atoms with van der Waals surface area (Å²) >= 11 is 12.6. The highest BCUT2D eigenvalue weighted by Crippen LogP contribution is 2.36. The molecule has 2 aliphatic carbocycles. The summed E-state index contributed by atoms with van der Waals surface area (Å²) < 4.78 is 5.85. The lowest BCUT2D eigenvalue weighted by Crippen LogP contribution is -2.64. The van der Waals surface area contributed by atoms with Crippen molar-refractivity contribution in [3.63, 3.8) is 0 Å². The molecule has 25 heavy (non-hydrogen) atoms. The summed E-state index contributed by atoms with van der Waals surface area (Å²) in [6.07, 6.45) is 6.04. The molecule has 3 rings (SSSR count). The molecule has 0 radical (unpaired) electrons. The molecule has 2 N–H and O–H groups in total. The van der Waals surface area contributed by atoms with Gasteiger partial charge in [-0.05, 0) is 31.6 Å². The van der Waals surface area contributed by atoms with Gasteiger partial charge in [0.2, 0.25) is 5.91 Å². The number of hydrogen-bond donors (Lipinski definition) is 2. The number of carbonyl (C=O) groups excluding carboxylic acids is 1. The number of hydrogen-bond acceptors (Lipinski definition) is 4. The predicted octanol–water partition coefficient (Wildman–Crippen LogP) is 2.38. The molecule has 2 saturated carbocycles. The molecule has 0 aromatic carbocycles. The van der Waals surface area contributed by atoms with Gasteiger partial charge in [0.15, 0.2) is 0 Å². The first-order valence-corrected chi connectivity index (χ1v) is 10.1. The maximum absolute atomic E-state index is 12.7. The Morgan fingerprint density at radius 2 is 1.84 bits per heavy atom. The van der Waals surface area contributed by atoms with Crippen LogP contribution >= 0.6 is 23.2 Å². The molecule has 3 aliphatic rings. The van der Waals surface area contributed by atoms with Crippen LogP contribution in [0.1, 0.15) is 44.9 Å². The summed E-state index contributed by atoms with van der Waals surface area (Å²) in [5.74, 6) is -1.23. The van der Waals surface area contributed by atoms with E-state index >= 15 is 0 Å². The van der Waals surface area contributed by atoms with E-state index in [0.29, 0.717) is 13.2 Å². The molecule has 1 amide bonds. The van der Waals surface area contributed by atoms with Crippen molar-refractivity contribution >= 4 is 35.1 Å². The van der Waals surface area contributed by atoms with Crippen molar-refractivity contribution in [2.24, 2.45) is 11.8 Å². The maximum Gasteiger partial charge on any atom is 0.322 e. The van der Waals surface area contributed by atoms with Gasteiger partial charge in [-0.25, -0.2) is 5.43 Å². The minimum atomic E-state index is -0.899. The minimum Gasteiger partial charge on any atom is -0.480 e. The molecule has 0 bridgehead atoms. The summed E-state index contributed by atoms with van der Waals surface area (Å²) in [4.78, 5) is 24.3. The third-order valence-corrected chi connectivity index (χ3v) is 6.62. The number of carboxylic acid groups (broad SMARTS) is 1. The van der Waals surface area contributed by atoms with Gasteiger partial charge in [-0.2, -0.15) is 0 Å². The number of aliphatic carboxylic acids is 1. The second-order valence-electron chi connectivity index (χ2n) is 7.29. The van der Waals surface area contributed by atoms with Crippen molar-refractivity contribution in [3.8, 4) is 0 Å². The average molecular weight is 393 g/mol. The number of nitrogens with zero attached hydrogens (tertiary/aromatic N) is 1. The fourth-order valence-corrected chi connectivity index (χ4v) is 5.24. The molecule has 0 spiro atoms. The number of carbonyl (C=O) groups is 2. The highest BCUT2D eigenvalue weighted by molar-refractivity contribution is 6.24. The number of ether oxygens (including phenoxy) is 1.